The number of hydrogen-bond donors (Lipinski definition) is 1. The third-order valence-corrected chi connectivity index (χ3v) is 6.91. The van der Waals surface area contributed by atoms with E-state index >= 15 is 0 Å². The number of halogens is 1. The minimum absolute atomic E-state index is 0.0201. The first-order chi connectivity index (χ1) is 15.0. The minimum Gasteiger partial charge on any atom is -0.496 e. The molecule has 0 spiro atoms. The fourth-order valence-electron chi connectivity index (χ4n) is 3.34. The number of carbonyl (C=O) groups excluding carboxylic acids is 2. The van der Waals surface area contributed by atoms with Gasteiger partial charge in [-0.05, 0) is 48.7 Å². The van der Waals surface area contributed by atoms with Crippen LogP contribution in [0.1, 0.15) is 27.7 Å². The van der Waals surface area contributed by atoms with Crippen molar-refractivity contribution >= 4 is 57.3 Å². The van der Waals surface area contributed by atoms with Gasteiger partial charge in [0.15, 0.2) is 0 Å². The zero-order valence-corrected chi connectivity index (χ0v) is 19.2. The molecule has 31 heavy (non-hydrogen) atoms. The highest BCUT2D eigenvalue weighted by Gasteiger charge is 2.34. The maximum Gasteiger partial charge on any atom is 0.261 e. The zero-order chi connectivity index (χ0) is 22.0. The van der Waals surface area contributed by atoms with Gasteiger partial charge in [0.25, 0.3) is 5.91 Å². The van der Waals surface area contributed by atoms with E-state index in [2.05, 4.69) is 15.5 Å². The lowest BCUT2D eigenvalue weighted by Gasteiger charge is -2.16. The van der Waals surface area contributed by atoms with E-state index < -0.39 is 0 Å². The number of thioether (sulfide) groups is 1. The number of hydrogen-bond acceptors (Lipinski definition) is 7. The molecule has 2 heterocycles. The highest BCUT2D eigenvalue weighted by Crippen LogP contribution is 2.35. The highest BCUT2D eigenvalue weighted by atomic mass is 35.5. The van der Waals surface area contributed by atoms with E-state index in [4.69, 9.17) is 16.3 Å². The summed E-state index contributed by atoms with van der Waals surface area (Å²) in [6.45, 7) is 0.507. The lowest BCUT2D eigenvalue weighted by atomic mass is 10.1. The monoisotopic (exact) mass is 474 g/mol. The standard InChI is InChI=1S/C21H19ClN4O3S2/c1-29-17-10-15(30-2)7-8-16(17)19(28)23-21-25-24-20(31-21)12-9-18(27)26(11-12)14-5-3-13(22)4-6-14/h3-8,10,12H,9,11H2,1-2H3,(H,23,25,28)/t12-/m0/s1. The van der Waals surface area contributed by atoms with E-state index in [1.165, 1.54) is 18.4 Å². The van der Waals surface area contributed by atoms with Crippen molar-refractivity contribution in [1.82, 2.24) is 10.2 Å². The predicted molar refractivity (Wildman–Crippen MR) is 124 cm³/mol. The van der Waals surface area contributed by atoms with Crippen LogP contribution in [0, 0.1) is 0 Å². The third kappa shape index (κ3) is 4.68. The van der Waals surface area contributed by atoms with Gasteiger partial charge in [0.05, 0.1) is 12.7 Å². The number of nitrogens with one attached hydrogen (secondary N) is 1. The van der Waals surface area contributed by atoms with Crippen LogP contribution >= 0.6 is 34.7 Å². The Labute approximate surface area is 192 Å². The van der Waals surface area contributed by atoms with E-state index in [-0.39, 0.29) is 17.7 Å². The Morgan fingerprint density at radius 2 is 2.03 bits per heavy atom. The zero-order valence-electron chi connectivity index (χ0n) is 16.8. The number of anilines is 2. The Morgan fingerprint density at radius 1 is 1.26 bits per heavy atom. The first kappa shape index (κ1) is 21.6. The first-order valence-corrected chi connectivity index (χ1v) is 11.8. The van der Waals surface area contributed by atoms with Gasteiger partial charge in [0.1, 0.15) is 10.8 Å². The summed E-state index contributed by atoms with van der Waals surface area (Å²) in [6, 6.07) is 12.6. The van der Waals surface area contributed by atoms with E-state index in [9.17, 15) is 9.59 Å². The Hall–Kier alpha value is -2.62. The lowest BCUT2D eigenvalue weighted by Crippen LogP contribution is -2.24. The molecule has 0 radical (unpaired) electrons. The van der Waals surface area contributed by atoms with Crippen LogP contribution in [0.2, 0.25) is 5.02 Å². The largest absolute Gasteiger partial charge is 0.496 e. The van der Waals surface area contributed by atoms with Crippen LogP contribution in [0.5, 0.6) is 5.75 Å². The van der Waals surface area contributed by atoms with E-state index in [0.29, 0.717) is 39.4 Å². The summed E-state index contributed by atoms with van der Waals surface area (Å²) < 4.78 is 5.35. The SMILES string of the molecule is COc1cc(SC)ccc1C(=O)Nc1nnc([C@H]2CC(=O)N(c3ccc(Cl)cc3)C2)s1. The minimum atomic E-state index is -0.322. The van der Waals surface area contributed by atoms with Gasteiger partial charge in [-0.3, -0.25) is 14.9 Å². The smallest absolute Gasteiger partial charge is 0.261 e. The van der Waals surface area contributed by atoms with Crippen molar-refractivity contribution in [1.29, 1.82) is 0 Å². The first-order valence-electron chi connectivity index (χ1n) is 9.41. The van der Waals surface area contributed by atoms with Gasteiger partial charge < -0.3 is 9.64 Å². The van der Waals surface area contributed by atoms with Crippen LogP contribution in [0.15, 0.2) is 47.4 Å². The highest BCUT2D eigenvalue weighted by molar-refractivity contribution is 7.98. The van der Waals surface area contributed by atoms with Crippen LogP contribution in [0.3, 0.4) is 0 Å². The van der Waals surface area contributed by atoms with Gasteiger partial charge in [-0.2, -0.15) is 0 Å². The number of methoxy groups -OCH3 is 1. The summed E-state index contributed by atoms with van der Waals surface area (Å²) in [5.41, 5.74) is 1.22. The van der Waals surface area contributed by atoms with Gasteiger partial charge in [-0.15, -0.1) is 22.0 Å². The Balaban J connectivity index is 1.46. The van der Waals surface area contributed by atoms with Crippen molar-refractivity contribution in [2.45, 2.75) is 17.2 Å². The molecule has 1 atom stereocenters. The number of carbonyl (C=O) groups is 2. The fourth-order valence-corrected chi connectivity index (χ4v) is 4.73. The van der Waals surface area contributed by atoms with Gasteiger partial charge in [-0.25, -0.2) is 0 Å². The number of nitrogens with zero attached hydrogens (tertiary/aromatic N) is 3. The van der Waals surface area contributed by atoms with Crippen LogP contribution in [0.25, 0.3) is 0 Å². The number of aromatic nitrogens is 2. The molecule has 3 aromatic rings. The predicted octanol–water partition coefficient (Wildman–Crippen LogP) is 4.69. The summed E-state index contributed by atoms with van der Waals surface area (Å²) in [5.74, 6) is 0.111. The van der Waals surface area contributed by atoms with E-state index in [1.807, 2.05) is 30.5 Å². The molecule has 0 aliphatic carbocycles. The summed E-state index contributed by atoms with van der Waals surface area (Å²) in [5, 5.41) is 12.8. The average molecular weight is 475 g/mol. The van der Waals surface area contributed by atoms with Gasteiger partial charge in [-0.1, -0.05) is 22.9 Å². The molecule has 10 heteroatoms. The summed E-state index contributed by atoms with van der Waals surface area (Å²) in [6.07, 6.45) is 2.30. The van der Waals surface area contributed by atoms with E-state index in [0.717, 1.165) is 10.6 Å². The Bertz CT molecular complexity index is 1120. The second kappa shape index (κ2) is 9.25. The molecule has 0 bridgehead atoms. The van der Waals surface area contributed by atoms with Crippen LogP contribution in [-0.4, -0.2) is 41.9 Å². The van der Waals surface area contributed by atoms with Crippen molar-refractivity contribution in [2.75, 3.05) is 30.1 Å². The molecule has 1 saturated heterocycles. The molecule has 2 aromatic carbocycles. The molecular weight excluding hydrogens is 456 g/mol. The maximum atomic E-state index is 12.7. The molecule has 0 saturated carbocycles. The molecule has 1 aliphatic heterocycles. The number of ether oxygens (including phenoxy) is 1. The Kier molecular flexibility index (Phi) is 6.45. The van der Waals surface area contributed by atoms with Gasteiger partial charge in [0.2, 0.25) is 11.0 Å². The van der Waals surface area contributed by atoms with Crippen molar-refractivity contribution in [3.63, 3.8) is 0 Å². The summed E-state index contributed by atoms with van der Waals surface area (Å²) >= 11 is 8.78. The quantitative estimate of drug-likeness (QED) is 0.521. The number of amides is 2. The third-order valence-electron chi connectivity index (χ3n) is 4.93. The molecular formula is C21H19ClN4O3S2. The molecule has 0 unspecified atom stereocenters. The van der Waals surface area contributed by atoms with Crippen molar-refractivity contribution in [2.24, 2.45) is 0 Å². The molecule has 1 N–H and O–H groups in total. The summed E-state index contributed by atoms with van der Waals surface area (Å²) in [4.78, 5) is 27.9. The van der Waals surface area contributed by atoms with Crippen LogP contribution < -0.4 is 15.0 Å². The molecule has 1 aliphatic rings. The molecule has 4 rings (SSSR count). The second-order valence-electron chi connectivity index (χ2n) is 6.85. The molecule has 1 fully saturated rings. The lowest BCUT2D eigenvalue weighted by molar-refractivity contribution is -0.117. The van der Waals surface area contributed by atoms with Crippen molar-refractivity contribution in [3.8, 4) is 5.75 Å². The Morgan fingerprint density at radius 3 is 2.74 bits per heavy atom. The summed E-state index contributed by atoms with van der Waals surface area (Å²) in [7, 11) is 1.53. The van der Waals surface area contributed by atoms with Crippen molar-refractivity contribution in [3.05, 3.63) is 58.1 Å². The molecule has 2 amide bonds. The van der Waals surface area contributed by atoms with Crippen molar-refractivity contribution < 1.29 is 14.3 Å². The number of benzene rings is 2. The molecule has 160 valence electrons. The maximum absolute atomic E-state index is 12.7. The van der Waals surface area contributed by atoms with Crippen LogP contribution in [0.4, 0.5) is 10.8 Å². The topological polar surface area (TPSA) is 84.4 Å². The van der Waals surface area contributed by atoms with Crippen LogP contribution in [-0.2, 0) is 4.79 Å². The molecule has 7 nitrogen and oxygen atoms in total. The van der Waals surface area contributed by atoms with Gasteiger partial charge in [0, 0.05) is 34.5 Å². The second-order valence-corrected chi connectivity index (χ2v) is 9.17. The van der Waals surface area contributed by atoms with Gasteiger partial charge >= 0.3 is 0 Å². The normalized spacial score (nSPS) is 15.9. The fraction of sp³-hybridized carbons (Fsp3) is 0.238. The van der Waals surface area contributed by atoms with E-state index in [1.54, 1.807) is 34.9 Å². The number of rotatable bonds is 6. The average Bonchev–Trinajstić information content (AvgIpc) is 3.40. The molecule has 1 aromatic heterocycles.